The van der Waals surface area contributed by atoms with Crippen molar-refractivity contribution in [1.82, 2.24) is 15.1 Å². The summed E-state index contributed by atoms with van der Waals surface area (Å²) in [7, 11) is 0. The van der Waals surface area contributed by atoms with Gasteiger partial charge in [-0.2, -0.15) is 0 Å². The molecule has 1 heterocycles. The highest BCUT2D eigenvalue weighted by atomic mass is 16.4. The number of carboxylic acids is 1. The van der Waals surface area contributed by atoms with Crippen LogP contribution in [0, 0.1) is 15.8 Å². The molecular formula is C24H27N5O5. The summed E-state index contributed by atoms with van der Waals surface area (Å²) in [4.78, 5) is 49.4. The van der Waals surface area contributed by atoms with Crippen molar-refractivity contribution >= 4 is 29.5 Å². The molecule has 1 fully saturated rings. The molecule has 1 aromatic rings. The van der Waals surface area contributed by atoms with Crippen LogP contribution in [0.1, 0.15) is 28.8 Å². The lowest BCUT2D eigenvalue weighted by molar-refractivity contribution is -0.156. The van der Waals surface area contributed by atoms with E-state index >= 15 is 0 Å². The fourth-order valence-corrected chi connectivity index (χ4v) is 3.41. The molecular weight excluding hydrogens is 438 g/mol. The zero-order valence-corrected chi connectivity index (χ0v) is 18.6. The van der Waals surface area contributed by atoms with Gasteiger partial charge in [-0.25, -0.2) is 0 Å². The lowest BCUT2D eigenvalue weighted by Crippen LogP contribution is -2.55. The first kappa shape index (κ1) is 24.4. The molecule has 2 aliphatic carbocycles. The van der Waals surface area contributed by atoms with Crippen LogP contribution in [-0.2, 0) is 14.4 Å². The molecule has 1 aromatic carbocycles. The number of amidine groups is 1. The Bertz CT molecular complexity index is 1140. The molecule has 10 nitrogen and oxygen atoms in total. The van der Waals surface area contributed by atoms with E-state index in [-0.39, 0.29) is 24.7 Å². The maximum Gasteiger partial charge on any atom is 0.312 e. The van der Waals surface area contributed by atoms with Gasteiger partial charge < -0.3 is 26.0 Å². The van der Waals surface area contributed by atoms with E-state index in [0.717, 1.165) is 0 Å². The number of nitrogen functional groups attached to an aromatic ring is 1. The van der Waals surface area contributed by atoms with Gasteiger partial charge in [-0.05, 0) is 29.0 Å². The van der Waals surface area contributed by atoms with Crippen LogP contribution in [0.3, 0.4) is 0 Å². The van der Waals surface area contributed by atoms with Crippen molar-refractivity contribution < 1.29 is 24.3 Å². The molecule has 0 aromatic heterocycles. The molecule has 178 valence electrons. The second-order valence-corrected chi connectivity index (χ2v) is 7.91. The first-order chi connectivity index (χ1) is 16.3. The summed E-state index contributed by atoms with van der Waals surface area (Å²) < 4.78 is 0. The number of piperazine rings is 1. The third-order valence-corrected chi connectivity index (χ3v) is 5.56. The van der Waals surface area contributed by atoms with E-state index in [1.807, 2.05) is 0 Å². The van der Waals surface area contributed by atoms with Crippen molar-refractivity contribution in [1.29, 1.82) is 5.41 Å². The number of carboxylic acid groups (broad SMARTS) is 1. The van der Waals surface area contributed by atoms with Crippen molar-refractivity contribution in [3.05, 3.63) is 70.1 Å². The van der Waals surface area contributed by atoms with Crippen LogP contribution in [0.15, 0.2) is 48.5 Å². The minimum atomic E-state index is -1.02. The number of aliphatic carboxylic acids is 1. The van der Waals surface area contributed by atoms with Gasteiger partial charge >= 0.3 is 17.8 Å². The van der Waals surface area contributed by atoms with Crippen LogP contribution in [0.2, 0.25) is 0 Å². The summed E-state index contributed by atoms with van der Waals surface area (Å²) in [5, 5.41) is 21.6. The van der Waals surface area contributed by atoms with Gasteiger partial charge in [-0.15, -0.1) is 0 Å². The van der Waals surface area contributed by atoms with E-state index in [2.05, 4.69) is 29.6 Å². The molecule has 0 saturated carbocycles. The molecule has 3 aliphatic rings. The summed E-state index contributed by atoms with van der Waals surface area (Å²) in [6, 6.07) is 14.8. The molecule has 5 N–H and O–H groups in total. The molecule has 3 amide bonds. The van der Waals surface area contributed by atoms with Crippen molar-refractivity contribution in [2.45, 2.75) is 12.8 Å². The topological polar surface area (TPSA) is 157 Å². The standard InChI is InChI=1S/C18H23N5O5.C6H4/c19-15(20)12-2-4-13(5-3-12)16(26)21-7-1-8-22-10-11-23(9-6-14(24)25)18(28)17(22)27;1-2-6-4-3-5(1)6/h2-5H,1,6-11H2,(H3,19,20)(H,21,26)(H,24,25);1-4H. The molecule has 1 saturated heterocycles. The maximum atomic E-state index is 12.1. The molecule has 34 heavy (non-hydrogen) atoms. The number of nitrogens with two attached hydrogens (primary N) is 1. The average molecular weight is 466 g/mol. The van der Waals surface area contributed by atoms with Crippen LogP contribution in [0.25, 0.3) is 0 Å². The first-order valence-electron chi connectivity index (χ1n) is 10.9. The Morgan fingerprint density at radius 3 is 1.82 bits per heavy atom. The number of amides is 3. The van der Waals surface area contributed by atoms with Gasteiger partial charge in [0, 0.05) is 43.9 Å². The van der Waals surface area contributed by atoms with E-state index in [9.17, 15) is 19.2 Å². The zero-order valence-electron chi connectivity index (χ0n) is 18.6. The molecule has 4 rings (SSSR count). The Hall–Kier alpha value is -4.21. The minimum Gasteiger partial charge on any atom is -0.481 e. The second kappa shape index (κ2) is 11.1. The van der Waals surface area contributed by atoms with Crippen molar-refractivity contribution in [3.63, 3.8) is 0 Å². The van der Waals surface area contributed by atoms with Crippen LogP contribution < -0.4 is 11.1 Å². The molecule has 0 spiro atoms. The monoisotopic (exact) mass is 465 g/mol. The number of nitrogens with one attached hydrogen (secondary N) is 2. The van der Waals surface area contributed by atoms with E-state index in [1.54, 1.807) is 24.3 Å². The lowest BCUT2D eigenvalue weighted by atomic mass is 10.1. The Morgan fingerprint density at radius 2 is 1.38 bits per heavy atom. The van der Waals surface area contributed by atoms with Gasteiger partial charge in [0.2, 0.25) is 0 Å². The van der Waals surface area contributed by atoms with Crippen molar-refractivity contribution in [3.8, 4) is 0 Å². The summed E-state index contributed by atoms with van der Waals surface area (Å²) in [6.07, 6.45) is 0.282. The quantitative estimate of drug-likeness (QED) is 0.156. The highest BCUT2D eigenvalue weighted by molar-refractivity contribution is 6.35. The highest BCUT2D eigenvalue weighted by Gasteiger charge is 2.32. The summed E-state index contributed by atoms with van der Waals surface area (Å²) in [5.74, 6) is -2.72. The Balaban J connectivity index is 0.000000457. The van der Waals surface area contributed by atoms with Gasteiger partial charge in [-0.1, -0.05) is 36.4 Å². The predicted molar refractivity (Wildman–Crippen MR) is 124 cm³/mol. The zero-order chi connectivity index (χ0) is 24.7. The van der Waals surface area contributed by atoms with Gasteiger partial charge in [0.15, 0.2) is 0 Å². The minimum absolute atomic E-state index is 0.0201. The lowest BCUT2D eigenvalue weighted by Gasteiger charge is -2.33. The van der Waals surface area contributed by atoms with E-state index in [0.29, 0.717) is 43.7 Å². The number of carbonyl (C=O) groups is 4. The number of hydrogen-bond donors (Lipinski definition) is 4. The van der Waals surface area contributed by atoms with Crippen LogP contribution in [-0.4, -0.2) is 77.2 Å². The van der Waals surface area contributed by atoms with Crippen LogP contribution in [0.4, 0.5) is 0 Å². The first-order valence-corrected chi connectivity index (χ1v) is 10.9. The molecule has 0 bridgehead atoms. The van der Waals surface area contributed by atoms with Crippen molar-refractivity contribution in [2.24, 2.45) is 5.73 Å². The van der Waals surface area contributed by atoms with Gasteiger partial charge in [0.1, 0.15) is 5.84 Å². The van der Waals surface area contributed by atoms with E-state index < -0.39 is 17.8 Å². The van der Waals surface area contributed by atoms with Crippen molar-refractivity contribution in [2.75, 3.05) is 32.7 Å². The molecule has 0 unspecified atom stereocenters. The highest BCUT2D eigenvalue weighted by Crippen LogP contribution is 2.08. The Kier molecular flexibility index (Phi) is 7.96. The fraction of sp³-hybridized carbons (Fsp3) is 0.292. The van der Waals surface area contributed by atoms with Crippen LogP contribution in [0.5, 0.6) is 0 Å². The van der Waals surface area contributed by atoms with Gasteiger partial charge in [-0.3, -0.25) is 24.6 Å². The molecule has 1 aliphatic heterocycles. The number of benzene rings is 2. The predicted octanol–water partition coefficient (Wildman–Crippen LogP) is 0.523. The Labute approximate surface area is 196 Å². The number of carbonyl (C=O) groups excluding carboxylic acids is 3. The summed E-state index contributed by atoms with van der Waals surface area (Å²) in [6.45, 7) is 1.30. The largest absolute Gasteiger partial charge is 0.481 e. The number of nitrogens with zero attached hydrogens (tertiary/aromatic N) is 2. The third-order valence-electron chi connectivity index (χ3n) is 5.56. The normalized spacial score (nSPS) is 13.6. The fourth-order valence-electron chi connectivity index (χ4n) is 3.41. The summed E-state index contributed by atoms with van der Waals surface area (Å²) in [5.41, 5.74) is 6.33. The van der Waals surface area contributed by atoms with Gasteiger partial charge in [0.05, 0.1) is 6.42 Å². The van der Waals surface area contributed by atoms with E-state index in [1.165, 1.54) is 20.2 Å². The number of hydrogen-bond acceptors (Lipinski definition) is 5. The van der Waals surface area contributed by atoms with E-state index in [4.69, 9.17) is 16.2 Å². The van der Waals surface area contributed by atoms with Gasteiger partial charge in [0.25, 0.3) is 5.91 Å². The number of rotatable bonds is 9. The molecule has 10 heteroatoms. The third kappa shape index (κ3) is 6.18. The smallest absolute Gasteiger partial charge is 0.312 e. The SMILES string of the molecule is N=C(N)c1ccc(C(=O)NCCCN2CCN(CCC(=O)O)C(=O)C2=O)cc1.c1cc2ccc1=2. The molecule has 0 radical (unpaired) electrons. The molecule has 0 atom stereocenters. The average Bonchev–Trinajstić information content (AvgIpc) is 2.81. The second-order valence-electron chi connectivity index (χ2n) is 7.91. The summed E-state index contributed by atoms with van der Waals surface area (Å²) >= 11 is 0. The van der Waals surface area contributed by atoms with Crippen LogP contribution >= 0.6 is 0 Å². The maximum absolute atomic E-state index is 12.1. The Morgan fingerprint density at radius 1 is 0.882 bits per heavy atom.